The lowest BCUT2D eigenvalue weighted by atomic mass is 10.1. The van der Waals surface area contributed by atoms with Crippen molar-refractivity contribution >= 4 is 17.6 Å². The highest BCUT2D eigenvalue weighted by atomic mass is 16.5. The monoisotopic (exact) mass is 299 g/mol. The number of ether oxygens (including phenoxy) is 2. The van der Waals surface area contributed by atoms with Crippen molar-refractivity contribution in [3.05, 3.63) is 54.1 Å². The largest absolute Gasteiger partial charge is 0.496 e. The number of hydrogen-bond acceptors (Lipinski definition) is 4. The van der Waals surface area contributed by atoms with E-state index in [2.05, 4.69) is 5.32 Å². The molecule has 0 aliphatic heterocycles. The van der Waals surface area contributed by atoms with Crippen LogP contribution >= 0.6 is 0 Å². The molecule has 0 aromatic heterocycles. The van der Waals surface area contributed by atoms with Gasteiger partial charge in [0.05, 0.1) is 13.5 Å². The summed E-state index contributed by atoms with van der Waals surface area (Å²) in [5.41, 5.74) is 1.37. The first-order chi connectivity index (χ1) is 10.6. The lowest BCUT2D eigenvalue weighted by Gasteiger charge is -2.09. The van der Waals surface area contributed by atoms with E-state index in [9.17, 15) is 9.59 Å². The van der Waals surface area contributed by atoms with Gasteiger partial charge in [0.2, 0.25) is 5.91 Å². The number of nitrogens with one attached hydrogen (secondary N) is 1. The smallest absolute Gasteiger partial charge is 0.308 e. The molecule has 0 aliphatic carbocycles. The van der Waals surface area contributed by atoms with Gasteiger partial charge in [0.25, 0.3) is 0 Å². The molecule has 2 rings (SSSR count). The number of esters is 1. The third kappa shape index (κ3) is 4.34. The zero-order chi connectivity index (χ0) is 15.9. The molecule has 0 atom stereocenters. The molecule has 0 aliphatic rings. The Labute approximate surface area is 128 Å². The van der Waals surface area contributed by atoms with Gasteiger partial charge in [-0.25, -0.2) is 0 Å². The second-order valence-corrected chi connectivity index (χ2v) is 4.66. The molecule has 0 spiro atoms. The van der Waals surface area contributed by atoms with Crippen molar-refractivity contribution in [1.29, 1.82) is 0 Å². The molecule has 1 amide bonds. The van der Waals surface area contributed by atoms with Crippen molar-refractivity contribution in [2.24, 2.45) is 0 Å². The van der Waals surface area contributed by atoms with Crippen molar-refractivity contribution in [3.63, 3.8) is 0 Å². The third-order valence-electron chi connectivity index (χ3n) is 2.92. The van der Waals surface area contributed by atoms with E-state index in [1.54, 1.807) is 31.4 Å². The second kappa shape index (κ2) is 7.26. The SMILES string of the molecule is COc1ccccc1CC(=O)Nc1cccc(OC(C)=O)c1. The number of methoxy groups -OCH3 is 1. The fourth-order valence-electron chi connectivity index (χ4n) is 2.03. The van der Waals surface area contributed by atoms with Crippen molar-refractivity contribution in [2.75, 3.05) is 12.4 Å². The summed E-state index contributed by atoms with van der Waals surface area (Å²) in [4.78, 5) is 23.0. The first kappa shape index (κ1) is 15.6. The Bertz CT molecular complexity index is 682. The number of rotatable bonds is 5. The van der Waals surface area contributed by atoms with Crippen LogP contribution < -0.4 is 14.8 Å². The van der Waals surface area contributed by atoms with Gasteiger partial charge in [0.1, 0.15) is 11.5 Å². The molecule has 5 nitrogen and oxygen atoms in total. The molecule has 114 valence electrons. The average Bonchev–Trinajstić information content (AvgIpc) is 2.47. The Hall–Kier alpha value is -2.82. The van der Waals surface area contributed by atoms with Crippen LogP contribution in [-0.2, 0) is 16.0 Å². The van der Waals surface area contributed by atoms with E-state index in [0.717, 1.165) is 5.56 Å². The minimum absolute atomic E-state index is 0.176. The summed E-state index contributed by atoms with van der Waals surface area (Å²) >= 11 is 0. The lowest BCUT2D eigenvalue weighted by Crippen LogP contribution is -2.15. The van der Waals surface area contributed by atoms with Crippen LogP contribution in [0.2, 0.25) is 0 Å². The molecule has 0 radical (unpaired) electrons. The van der Waals surface area contributed by atoms with Gasteiger partial charge in [-0.05, 0) is 18.2 Å². The van der Waals surface area contributed by atoms with E-state index in [1.807, 2.05) is 24.3 Å². The number of benzene rings is 2. The topological polar surface area (TPSA) is 64.6 Å². The van der Waals surface area contributed by atoms with Gasteiger partial charge in [-0.2, -0.15) is 0 Å². The Morgan fingerprint density at radius 2 is 1.86 bits per heavy atom. The highest BCUT2D eigenvalue weighted by Gasteiger charge is 2.09. The molecule has 2 aromatic carbocycles. The number of amides is 1. The predicted molar refractivity (Wildman–Crippen MR) is 83.1 cm³/mol. The van der Waals surface area contributed by atoms with Crippen molar-refractivity contribution in [2.45, 2.75) is 13.3 Å². The Balaban J connectivity index is 2.04. The fraction of sp³-hybridized carbons (Fsp3) is 0.176. The molecule has 0 unspecified atom stereocenters. The normalized spacial score (nSPS) is 9.91. The molecule has 0 saturated carbocycles. The summed E-state index contributed by atoms with van der Waals surface area (Å²) in [6.45, 7) is 1.33. The molecular formula is C17H17NO4. The molecule has 5 heteroatoms. The van der Waals surface area contributed by atoms with Gasteiger partial charge < -0.3 is 14.8 Å². The van der Waals surface area contributed by atoms with Crippen LogP contribution in [0.4, 0.5) is 5.69 Å². The Morgan fingerprint density at radius 3 is 2.59 bits per heavy atom. The van der Waals surface area contributed by atoms with Crippen LogP contribution in [0.1, 0.15) is 12.5 Å². The van der Waals surface area contributed by atoms with E-state index in [4.69, 9.17) is 9.47 Å². The van der Waals surface area contributed by atoms with E-state index in [-0.39, 0.29) is 12.3 Å². The van der Waals surface area contributed by atoms with Crippen molar-refractivity contribution in [3.8, 4) is 11.5 Å². The maximum absolute atomic E-state index is 12.1. The van der Waals surface area contributed by atoms with E-state index in [1.165, 1.54) is 6.92 Å². The van der Waals surface area contributed by atoms with Crippen LogP contribution in [0, 0.1) is 0 Å². The molecule has 2 aromatic rings. The summed E-state index contributed by atoms with van der Waals surface area (Å²) < 4.78 is 10.2. The van der Waals surface area contributed by atoms with Gasteiger partial charge in [-0.1, -0.05) is 24.3 Å². The summed E-state index contributed by atoms with van der Waals surface area (Å²) in [6.07, 6.45) is 0.196. The first-order valence-corrected chi connectivity index (χ1v) is 6.78. The van der Waals surface area contributed by atoms with Crippen molar-refractivity contribution in [1.82, 2.24) is 0 Å². The van der Waals surface area contributed by atoms with Crippen molar-refractivity contribution < 1.29 is 19.1 Å². The van der Waals surface area contributed by atoms with Crippen LogP contribution in [0.15, 0.2) is 48.5 Å². The highest BCUT2D eigenvalue weighted by Crippen LogP contribution is 2.20. The number of hydrogen-bond donors (Lipinski definition) is 1. The van der Waals surface area contributed by atoms with E-state index >= 15 is 0 Å². The maximum Gasteiger partial charge on any atom is 0.308 e. The predicted octanol–water partition coefficient (Wildman–Crippen LogP) is 2.80. The molecule has 1 N–H and O–H groups in total. The van der Waals surface area contributed by atoms with Crippen LogP contribution in [-0.4, -0.2) is 19.0 Å². The molecule has 0 bridgehead atoms. The Morgan fingerprint density at radius 1 is 1.09 bits per heavy atom. The summed E-state index contributed by atoms with van der Waals surface area (Å²) in [6, 6.07) is 14.0. The first-order valence-electron chi connectivity index (χ1n) is 6.78. The van der Waals surface area contributed by atoms with Gasteiger partial charge in [0, 0.05) is 24.2 Å². The highest BCUT2D eigenvalue weighted by molar-refractivity contribution is 5.92. The van der Waals surface area contributed by atoms with Crippen LogP contribution in [0.5, 0.6) is 11.5 Å². The number of anilines is 1. The average molecular weight is 299 g/mol. The van der Waals surface area contributed by atoms with E-state index < -0.39 is 5.97 Å². The van der Waals surface area contributed by atoms with Gasteiger partial charge >= 0.3 is 5.97 Å². The third-order valence-corrected chi connectivity index (χ3v) is 2.92. The lowest BCUT2D eigenvalue weighted by molar-refractivity contribution is -0.131. The second-order valence-electron chi connectivity index (χ2n) is 4.66. The maximum atomic E-state index is 12.1. The fourth-order valence-corrected chi connectivity index (χ4v) is 2.03. The Kier molecular flexibility index (Phi) is 5.14. The minimum Gasteiger partial charge on any atom is -0.496 e. The molecule has 0 saturated heterocycles. The van der Waals surface area contributed by atoms with Gasteiger partial charge in [-0.15, -0.1) is 0 Å². The molecule has 0 fully saturated rings. The molecule has 22 heavy (non-hydrogen) atoms. The quantitative estimate of drug-likeness (QED) is 0.681. The zero-order valence-electron chi connectivity index (χ0n) is 12.5. The molecule has 0 heterocycles. The van der Waals surface area contributed by atoms with E-state index in [0.29, 0.717) is 17.2 Å². The summed E-state index contributed by atoms with van der Waals surface area (Å²) in [5, 5.41) is 2.77. The standard InChI is InChI=1S/C17H17NO4/c1-12(19)22-15-8-5-7-14(11-15)18-17(20)10-13-6-3-4-9-16(13)21-2/h3-9,11H,10H2,1-2H3,(H,18,20). The minimum atomic E-state index is -0.405. The summed E-state index contributed by atoms with van der Waals surface area (Å²) in [7, 11) is 1.57. The molecular weight excluding hydrogens is 282 g/mol. The van der Waals surface area contributed by atoms with Crippen LogP contribution in [0.3, 0.4) is 0 Å². The summed E-state index contributed by atoms with van der Waals surface area (Å²) in [5.74, 6) is 0.482. The van der Waals surface area contributed by atoms with Gasteiger partial charge in [-0.3, -0.25) is 9.59 Å². The van der Waals surface area contributed by atoms with Gasteiger partial charge in [0.15, 0.2) is 0 Å². The van der Waals surface area contributed by atoms with Crippen LogP contribution in [0.25, 0.3) is 0 Å². The number of carbonyl (C=O) groups is 2. The zero-order valence-corrected chi connectivity index (χ0v) is 12.5. The number of carbonyl (C=O) groups excluding carboxylic acids is 2. The number of para-hydroxylation sites is 1.